The van der Waals surface area contributed by atoms with E-state index in [1.54, 1.807) is 22.9 Å². The number of aromatic nitrogens is 4. The lowest BCUT2D eigenvalue weighted by Gasteiger charge is -2.10. The van der Waals surface area contributed by atoms with Crippen LogP contribution in [0.5, 0.6) is 0 Å². The van der Waals surface area contributed by atoms with Crippen molar-refractivity contribution in [2.75, 3.05) is 10.6 Å². The summed E-state index contributed by atoms with van der Waals surface area (Å²) < 4.78 is 15.8. The summed E-state index contributed by atoms with van der Waals surface area (Å²) in [6, 6.07) is 10.6. The van der Waals surface area contributed by atoms with E-state index in [4.69, 9.17) is 23.2 Å². The van der Waals surface area contributed by atoms with Crippen molar-refractivity contribution in [2.24, 2.45) is 7.05 Å². The van der Waals surface area contributed by atoms with Crippen molar-refractivity contribution in [3.05, 3.63) is 64.7 Å². The second-order valence-corrected chi connectivity index (χ2v) is 6.66. The van der Waals surface area contributed by atoms with E-state index in [0.717, 1.165) is 22.8 Å². The Hall–Kier alpha value is -2.90. The largest absolute Gasteiger partial charge is 0.338 e. The number of benzene rings is 2. The summed E-state index contributed by atoms with van der Waals surface area (Å²) in [6.45, 7) is 0. The topological polar surface area (TPSA) is 67.7 Å². The smallest absolute Gasteiger partial charge is 0.229 e. The number of nitrogens with one attached hydrogen (secondary N) is 2. The maximum atomic E-state index is 14.1. The van der Waals surface area contributed by atoms with Crippen LogP contribution in [0.25, 0.3) is 10.9 Å². The number of fused-ring (bicyclic) bond motifs is 1. The molecule has 0 bridgehead atoms. The molecule has 0 radical (unpaired) electrons. The molecular formula is C18H13Cl2FN6. The maximum Gasteiger partial charge on any atom is 0.229 e. The van der Waals surface area contributed by atoms with Crippen LogP contribution in [-0.2, 0) is 7.05 Å². The van der Waals surface area contributed by atoms with E-state index in [0.29, 0.717) is 15.7 Å². The third kappa shape index (κ3) is 3.79. The minimum atomic E-state index is -0.591. The van der Waals surface area contributed by atoms with Gasteiger partial charge in [0.1, 0.15) is 0 Å². The van der Waals surface area contributed by atoms with Crippen LogP contribution >= 0.6 is 23.2 Å². The van der Waals surface area contributed by atoms with Crippen LogP contribution in [0.4, 0.5) is 27.5 Å². The third-order valence-corrected chi connectivity index (χ3v) is 4.54. The van der Waals surface area contributed by atoms with E-state index in [-0.39, 0.29) is 11.8 Å². The highest BCUT2D eigenvalue weighted by Gasteiger charge is 2.09. The zero-order valence-electron chi connectivity index (χ0n) is 14.0. The highest BCUT2D eigenvalue weighted by atomic mass is 35.5. The number of rotatable bonds is 4. The number of nitrogens with zero attached hydrogens (tertiary/aromatic N) is 4. The molecule has 2 aromatic heterocycles. The molecule has 4 aromatic rings. The van der Waals surface area contributed by atoms with Crippen molar-refractivity contribution in [3.8, 4) is 0 Å². The van der Waals surface area contributed by atoms with Crippen molar-refractivity contribution in [1.29, 1.82) is 0 Å². The molecule has 0 unspecified atom stereocenters. The van der Waals surface area contributed by atoms with E-state index in [1.807, 2.05) is 31.4 Å². The van der Waals surface area contributed by atoms with E-state index < -0.39 is 5.82 Å². The molecule has 2 heterocycles. The fraction of sp³-hybridized carbons (Fsp3) is 0.0556. The second kappa shape index (κ2) is 7.02. The van der Waals surface area contributed by atoms with Crippen molar-refractivity contribution in [1.82, 2.24) is 19.7 Å². The molecule has 0 aliphatic heterocycles. The van der Waals surface area contributed by atoms with Gasteiger partial charge in [0.25, 0.3) is 0 Å². The average Bonchev–Trinajstić information content (AvgIpc) is 3.00. The number of halogens is 3. The molecule has 2 aromatic carbocycles. The summed E-state index contributed by atoms with van der Waals surface area (Å²) in [5.41, 5.74) is 2.13. The van der Waals surface area contributed by atoms with Gasteiger partial charge in [0, 0.05) is 30.0 Å². The summed E-state index contributed by atoms with van der Waals surface area (Å²) in [7, 11) is 1.86. The van der Waals surface area contributed by atoms with Gasteiger partial charge in [-0.3, -0.25) is 4.68 Å². The second-order valence-electron chi connectivity index (χ2n) is 5.85. The first-order valence-electron chi connectivity index (χ1n) is 7.93. The summed E-state index contributed by atoms with van der Waals surface area (Å²) in [5, 5.41) is 12.1. The highest BCUT2D eigenvalue weighted by molar-refractivity contribution is 6.42. The molecule has 2 N–H and O–H groups in total. The van der Waals surface area contributed by atoms with Gasteiger partial charge in [0.15, 0.2) is 11.6 Å². The number of hydrogen-bond donors (Lipinski definition) is 2. The molecule has 0 saturated heterocycles. The Balaban J connectivity index is 1.59. The molecule has 6 nitrogen and oxygen atoms in total. The fourth-order valence-electron chi connectivity index (χ4n) is 2.57. The SMILES string of the molecule is Cn1cc2ccc(Nc3ncc(F)c(Nc4ccc(Cl)c(Cl)c4)n3)cc2n1. The maximum absolute atomic E-state index is 14.1. The van der Waals surface area contributed by atoms with Crippen molar-refractivity contribution >= 4 is 57.2 Å². The molecule has 0 aliphatic carbocycles. The van der Waals surface area contributed by atoms with Crippen LogP contribution in [0, 0.1) is 5.82 Å². The van der Waals surface area contributed by atoms with E-state index in [9.17, 15) is 4.39 Å². The normalized spacial score (nSPS) is 11.0. The van der Waals surface area contributed by atoms with Gasteiger partial charge in [-0.1, -0.05) is 23.2 Å². The molecule has 4 rings (SSSR count). The highest BCUT2D eigenvalue weighted by Crippen LogP contribution is 2.28. The number of hydrogen-bond acceptors (Lipinski definition) is 5. The van der Waals surface area contributed by atoms with Gasteiger partial charge in [0.05, 0.1) is 21.8 Å². The first kappa shape index (κ1) is 17.5. The Bertz CT molecular complexity index is 1140. The van der Waals surface area contributed by atoms with Gasteiger partial charge < -0.3 is 10.6 Å². The van der Waals surface area contributed by atoms with Crippen LogP contribution in [0.15, 0.2) is 48.8 Å². The Morgan fingerprint density at radius 1 is 1.00 bits per heavy atom. The lowest BCUT2D eigenvalue weighted by molar-refractivity contribution is 0.619. The molecule has 0 fully saturated rings. The van der Waals surface area contributed by atoms with Gasteiger partial charge >= 0.3 is 0 Å². The first-order valence-corrected chi connectivity index (χ1v) is 8.68. The molecule has 27 heavy (non-hydrogen) atoms. The molecule has 0 saturated carbocycles. The van der Waals surface area contributed by atoms with Crippen LogP contribution in [0.3, 0.4) is 0 Å². The van der Waals surface area contributed by atoms with Gasteiger partial charge in [0.2, 0.25) is 5.95 Å². The minimum absolute atomic E-state index is 0.0183. The standard InChI is InChI=1S/C18H13Cl2FN6/c1-27-9-10-2-3-12(7-16(10)26-27)24-18-22-8-15(21)17(25-18)23-11-4-5-13(19)14(20)6-11/h2-9H,1H3,(H2,22,23,24,25). The summed E-state index contributed by atoms with van der Waals surface area (Å²) in [5.74, 6) is -0.328. The number of aryl methyl sites for hydroxylation is 1. The minimum Gasteiger partial charge on any atom is -0.338 e. The Labute approximate surface area is 164 Å². The first-order chi connectivity index (χ1) is 13.0. The molecule has 0 amide bonds. The fourth-order valence-corrected chi connectivity index (χ4v) is 2.87. The quantitative estimate of drug-likeness (QED) is 0.484. The lowest BCUT2D eigenvalue weighted by Crippen LogP contribution is -2.03. The van der Waals surface area contributed by atoms with Crippen LogP contribution in [0.1, 0.15) is 0 Å². The van der Waals surface area contributed by atoms with E-state index in [2.05, 4.69) is 25.7 Å². The number of anilines is 4. The van der Waals surface area contributed by atoms with Crippen LogP contribution in [0.2, 0.25) is 10.0 Å². The Morgan fingerprint density at radius 3 is 2.59 bits per heavy atom. The third-order valence-electron chi connectivity index (χ3n) is 3.80. The van der Waals surface area contributed by atoms with Crippen LogP contribution in [-0.4, -0.2) is 19.7 Å². The zero-order valence-corrected chi connectivity index (χ0v) is 15.6. The van der Waals surface area contributed by atoms with Gasteiger partial charge in [-0.15, -0.1) is 0 Å². The average molecular weight is 403 g/mol. The molecular weight excluding hydrogens is 390 g/mol. The summed E-state index contributed by atoms with van der Waals surface area (Å²) >= 11 is 11.9. The predicted octanol–water partition coefficient (Wildman–Crippen LogP) is 5.30. The van der Waals surface area contributed by atoms with E-state index >= 15 is 0 Å². The Kier molecular flexibility index (Phi) is 4.55. The zero-order chi connectivity index (χ0) is 19.0. The molecule has 0 spiro atoms. The predicted molar refractivity (Wildman–Crippen MR) is 106 cm³/mol. The van der Waals surface area contributed by atoms with Crippen molar-refractivity contribution in [3.63, 3.8) is 0 Å². The van der Waals surface area contributed by atoms with Crippen molar-refractivity contribution in [2.45, 2.75) is 0 Å². The molecule has 0 atom stereocenters. The van der Waals surface area contributed by atoms with Crippen molar-refractivity contribution < 1.29 is 4.39 Å². The Morgan fingerprint density at radius 2 is 1.78 bits per heavy atom. The summed E-state index contributed by atoms with van der Waals surface area (Å²) in [4.78, 5) is 8.17. The van der Waals surface area contributed by atoms with E-state index in [1.165, 1.54) is 0 Å². The monoisotopic (exact) mass is 402 g/mol. The van der Waals surface area contributed by atoms with Gasteiger partial charge in [-0.2, -0.15) is 10.1 Å². The molecule has 0 aliphatic rings. The van der Waals surface area contributed by atoms with Gasteiger partial charge in [-0.05, 0) is 36.4 Å². The lowest BCUT2D eigenvalue weighted by atomic mass is 10.2. The molecule has 9 heteroatoms. The van der Waals surface area contributed by atoms with Gasteiger partial charge in [-0.25, -0.2) is 9.37 Å². The molecule has 136 valence electrons. The van der Waals surface area contributed by atoms with Crippen LogP contribution < -0.4 is 10.6 Å². The summed E-state index contributed by atoms with van der Waals surface area (Å²) in [6.07, 6.45) is 3.02.